The summed E-state index contributed by atoms with van der Waals surface area (Å²) in [5.41, 5.74) is 17.9. The van der Waals surface area contributed by atoms with Crippen LogP contribution in [0.15, 0.2) is 180 Å². The average Bonchev–Trinajstić information content (AvgIpc) is 3.62. The molecule has 1 aliphatic carbocycles. The molecule has 53 heavy (non-hydrogen) atoms. The highest BCUT2D eigenvalue weighted by atomic mass is 16.3. The van der Waals surface area contributed by atoms with Crippen LogP contribution in [0, 0.1) is 0 Å². The molecule has 2 aromatic heterocycles. The van der Waals surface area contributed by atoms with E-state index in [1.807, 2.05) is 18.3 Å². The Morgan fingerprint density at radius 2 is 0.981 bits per heavy atom. The maximum atomic E-state index is 6.52. The van der Waals surface area contributed by atoms with Gasteiger partial charge in [0.15, 0.2) is 0 Å². The predicted octanol–water partition coefficient (Wildman–Crippen LogP) is 12.9. The smallest absolute Gasteiger partial charge is 0.143 e. The molecule has 0 radical (unpaired) electrons. The van der Waals surface area contributed by atoms with Crippen LogP contribution in [0.3, 0.4) is 0 Å². The third-order valence-electron chi connectivity index (χ3n) is 11.0. The van der Waals surface area contributed by atoms with E-state index >= 15 is 0 Å². The standard InChI is InChI=1S/C49H33N3O/c1-3-13-33(14-4-1)51-27-28-52(34-15-5-2-6-16-34)46-31-44-43(30-45(46)51)37-18-8-7-17-36(37)42-29-32(24-25-38(42)40-22-12-26-50-48(40)44)35-20-11-21-41-39-19-9-10-23-47(39)53-49(35)41/h1-26,29-31H,27-28H2. The van der Waals surface area contributed by atoms with Crippen LogP contribution >= 0.6 is 0 Å². The highest BCUT2D eigenvalue weighted by molar-refractivity contribution is 6.11. The summed E-state index contributed by atoms with van der Waals surface area (Å²) in [6.07, 6.45) is 1.93. The minimum absolute atomic E-state index is 0.861. The number of hydrogen-bond donors (Lipinski definition) is 0. The lowest BCUT2D eigenvalue weighted by molar-refractivity contribution is 0.670. The summed E-state index contributed by atoms with van der Waals surface area (Å²) in [6.45, 7) is 1.72. The van der Waals surface area contributed by atoms with Crippen LogP contribution in [0.5, 0.6) is 0 Å². The summed E-state index contributed by atoms with van der Waals surface area (Å²) in [4.78, 5) is 10.1. The van der Waals surface area contributed by atoms with Crippen molar-refractivity contribution in [3.8, 4) is 55.8 Å². The van der Waals surface area contributed by atoms with Crippen LogP contribution in [0.2, 0.25) is 0 Å². The third kappa shape index (κ3) is 4.66. The molecule has 3 heterocycles. The summed E-state index contributed by atoms with van der Waals surface area (Å²) in [7, 11) is 0. The maximum Gasteiger partial charge on any atom is 0.143 e. The molecule has 4 nitrogen and oxygen atoms in total. The molecule has 0 amide bonds. The molecule has 0 atom stereocenters. The number of anilines is 4. The topological polar surface area (TPSA) is 32.5 Å². The third-order valence-corrected chi connectivity index (χ3v) is 11.0. The van der Waals surface area contributed by atoms with Crippen molar-refractivity contribution in [3.05, 3.63) is 176 Å². The minimum Gasteiger partial charge on any atom is -0.455 e. The minimum atomic E-state index is 0.861. The van der Waals surface area contributed by atoms with E-state index in [1.54, 1.807) is 0 Å². The van der Waals surface area contributed by atoms with Gasteiger partial charge in [-0.05, 0) is 88.0 Å². The van der Waals surface area contributed by atoms with E-state index in [4.69, 9.17) is 9.40 Å². The Labute approximate surface area is 307 Å². The quantitative estimate of drug-likeness (QED) is 0.186. The van der Waals surface area contributed by atoms with E-state index in [1.165, 1.54) is 45.0 Å². The van der Waals surface area contributed by atoms with Crippen molar-refractivity contribution in [2.24, 2.45) is 0 Å². The number of para-hydroxylation sites is 4. The predicted molar refractivity (Wildman–Crippen MR) is 219 cm³/mol. The molecular weight excluding hydrogens is 647 g/mol. The maximum absolute atomic E-state index is 6.52. The first-order valence-corrected chi connectivity index (χ1v) is 18.2. The number of hydrogen-bond acceptors (Lipinski definition) is 4. The van der Waals surface area contributed by atoms with Crippen LogP contribution in [-0.4, -0.2) is 18.1 Å². The van der Waals surface area contributed by atoms with Gasteiger partial charge < -0.3 is 14.2 Å². The zero-order valence-electron chi connectivity index (χ0n) is 28.9. The number of rotatable bonds is 3. The molecule has 0 saturated carbocycles. The number of benzene rings is 7. The molecule has 9 aromatic rings. The number of aromatic nitrogens is 1. The largest absolute Gasteiger partial charge is 0.455 e. The van der Waals surface area contributed by atoms with Crippen molar-refractivity contribution >= 4 is 44.7 Å². The van der Waals surface area contributed by atoms with Gasteiger partial charge >= 0.3 is 0 Å². The van der Waals surface area contributed by atoms with E-state index in [9.17, 15) is 0 Å². The number of fused-ring (bicyclic) bond motifs is 12. The van der Waals surface area contributed by atoms with Crippen LogP contribution in [0.1, 0.15) is 0 Å². The van der Waals surface area contributed by atoms with E-state index in [0.29, 0.717) is 0 Å². The number of pyridine rings is 1. The van der Waals surface area contributed by atoms with Crippen LogP contribution < -0.4 is 9.80 Å². The first-order chi connectivity index (χ1) is 26.3. The first kappa shape index (κ1) is 29.8. The Bertz CT molecular complexity index is 2860. The number of nitrogens with zero attached hydrogens (tertiary/aromatic N) is 3. The van der Waals surface area contributed by atoms with Gasteiger partial charge in [0.2, 0.25) is 0 Å². The Balaban J connectivity index is 1.17. The second-order valence-electron chi connectivity index (χ2n) is 13.8. The second-order valence-corrected chi connectivity index (χ2v) is 13.8. The Morgan fingerprint density at radius 3 is 1.72 bits per heavy atom. The van der Waals surface area contributed by atoms with Crippen molar-refractivity contribution in [1.82, 2.24) is 4.98 Å². The molecule has 0 fully saturated rings. The fourth-order valence-electron chi connectivity index (χ4n) is 8.56. The molecule has 250 valence electrons. The molecule has 0 bridgehead atoms. The van der Waals surface area contributed by atoms with Gasteiger partial charge in [-0.3, -0.25) is 4.98 Å². The molecule has 7 aromatic carbocycles. The van der Waals surface area contributed by atoms with Gasteiger partial charge in [0.1, 0.15) is 11.2 Å². The molecule has 4 heteroatoms. The average molecular weight is 680 g/mol. The van der Waals surface area contributed by atoms with Crippen molar-refractivity contribution in [2.45, 2.75) is 0 Å². The molecule has 11 rings (SSSR count). The van der Waals surface area contributed by atoms with Gasteiger partial charge in [-0.2, -0.15) is 0 Å². The van der Waals surface area contributed by atoms with Crippen LogP contribution in [0.25, 0.3) is 77.7 Å². The Kier molecular flexibility index (Phi) is 6.65. The molecule has 1 aliphatic heterocycles. The van der Waals surface area contributed by atoms with Gasteiger partial charge in [-0.15, -0.1) is 0 Å². The van der Waals surface area contributed by atoms with Gasteiger partial charge in [0.05, 0.1) is 17.1 Å². The SMILES string of the molecule is c1ccc(N2CCN(c3ccccc3)c3cc4c(cc32)-c2ccccc2-c2cc(-c3cccc5c3oc3ccccc35)ccc2-c2cccnc2-4)cc1. The molecule has 2 aliphatic rings. The summed E-state index contributed by atoms with van der Waals surface area (Å²) < 4.78 is 6.52. The highest BCUT2D eigenvalue weighted by Crippen LogP contribution is 2.53. The highest BCUT2D eigenvalue weighted by Gasteiger charge is 2.30. The van der Waals surface area contributed by atoms with E-state index in [0.717, 1.165) is 68.5 Å². The second kappa shape index (κ2) is 11.8. The van der Waals surface area contributed by atoms with Crippen molar-refractivity contribution in [1.29, 1.82) is 0 Å². The fraction of sp³-hybridized carbons (Fsp3) is 0.0408. The summed E-state index contributed by atoms with van der Waals surface area (Å²) >= 11 is 0. The summed E-state index contributed by atoms with van der Waals surface area (Å²) in [5.74, 6) is 0. The van der Waals surface area contributed by atoms with E-state index in [2.05, 4.69) is 168 Å². The van der Waals surface area contributed by atoms with E-state index in [-0.39, 0.29) is 0 Å². The normalized spacial score (nSPS) is 13.1. The molecular formula is C49H33N3O. The lowest BCUT2D eigenvalue weighted by Gasteiger charge is -2.40. The number of furan rings is 1. The van der Waals surface area contributed by atoms with Gasteiger partial charge in [-0.25, -0.2) is 0 Å². The Morgan fingerprint density at radius 1 is 0.415 bits per heavy atom. The molecule has 0 N–H and O–H groups in total. The van der Waals surface area contributed by atoms with Crippen LogP contribution in [-0.2, 0) is 0 Å². The van der Waals surface area contributed by atoms with Gasteiger partial charge in [-0.1, -0.05) is 115 Å². The summed E-state index contributed by atoms with van der Waals surface area (Å²) in [5, 5.41) is 2.27. The molecule has 0 saturated heterocycles. The monoisotopic (exact) mass is 679 g/mol. The molecule has 0 unspecified atom stereocenters. The van der Waals surface area contributed by atoms with Crippen LogP contribution in [0.4, 0.5) is 22.7 Å². The lowest BCUT2D eigenvalue weighted by atomic mass is 9.81. The van der Waals surface area contributed by atoms with Crippen molar-refractivity contribution in [3.63, 3.8) is 0 Å². The zero-order valence-corrected chi connectivity index (χ0v) is 28.9. The Hall–Kier alpha value is -6.91. The van der Waals surface area contributed by atoms with Crippen molar-refractivity contribution < 1.29 is 4.42 Å². The zero-order chi connectivity index (χ0) is 34.9. The van der Waals surface area contributed by atoms with Crippen molar-refractivity contribution in [2.75, 3.05) is 22.9 Å². The van der Waals surface area contributed by atoms with Gasteiger partial charge in [0, 0.05) is 58.1 Å². The summed E-state index contributed by atoms with van der Waals surface area (Å²) in [6, 6.07) is 61.1. The first-order valence-electron chi connectivity index (χ1n) is 18.2. The molecule has 0 spiro atoms. The van der Waals surface area contributed by atoms with Gasteiger partial charge in [0.25, 0.3) is 0 Å². The van der Waals surface area contributed by atoms with E-state index < -0.39 is 0 Å². The lowest BCUT2D eigenvalue weighted by Crippen LogP contribution is -2.36. The fourth-order valence-corrected chi connectivity index (χ4v) is 8.56.